The lowest BCUT2D eigenvalue weighted by Crippen LogP contribution is -2.52. The lowest BCUT2D eigenvalue weighted by atomic mass is 9.82. The van der Waals surface area contributed by atoms with Crippen molar-refractivity contribution in [1.29, 1.82) is 0 Å². The molecule has 0 N–H and O–H groups in total. The van der Waals surface area contributed by atoms with E-state index < -0.39 is 20.0 Å². The molecule has 564 valence electrons. The molecule has 0 unspecified atom stereocenters. The first-order valence-corrected chi connectivity index (χ1v) is 42.6. The fourth-order valence-electron chi connectivity index (χ4n) is 16.3. The topological polar surface area (TPSA) is 184 Å². The summed E-state index contributed by atoms with van der Waals surface area (Å²) >= 11 is 0. The second-order valence-electron chi connectivity index (χ2n) is 31.8. The molecular formula is C78H139N13O6S2. The zero-order valence-electron chi connectivity index (χ0n) is 65.1. The van der Waals surface area contributed by atoms with Crippen molar-refractivity contribution in [3.8, 4) is 0 Å². The van der Waals surface area contributed by atoms with E-state index in [0.29, 0.717) is 17.7 Å². The Morgan fingerprint density at radius 3 is 1.35 bits per heavy atom. The van der Waals surface area contributed by atoms with Crippen molar-refractivity contribution in [3.05, 3.63) is 48.2 Å². The number of sulfonamides is 2. The van der Waals surface area contributed by atoms with Crippen LogP contribution in [0, 0.1) is 59.2 Å². The number of benzene rings is 1. The fourth-order valence-corrected chi connectivity index (χ4v) is 17.5. The first-order valence-electron chi connectivity index (χ1n) is 38.9. The van der Waals surface area contributed by atoms with Crippen molar-refractivity contribution in [3.63, 3.8) is 0 Å². The number of hydrogen-bond acceptors (Lipinski definition) is 14. The number of rotatable bonds is 11. The van der Waals surface area contributed by atoms with Crippen LogP contribution in [0.15, 0.2) is 71.5 Å². The minimum atomic E-state index is -3.38. The number of hydroxylamine groups is 2. The Morgan fingerprint density at radius 2 is 0.919 bits per heavy atom. The molecule has 6 aliphatic carbocycles. The summed E-state index contributed by atoms with van der Waals surface area (Å²) in [5, 5.41) is 5.57. The number of amidine groups is 5. The molecule has 4 aliphatic heterocycles. The minimum absolute atomic E-state index is 0.186. The summed E-state index contributed by atoms with van der Waals surface area (Å²) in [6.45, 7) is 25.9. The van der Waals surface area contributed by atoms with Gasteiger partial charge in [-0.3, -0.25) is 19.8 Å². The third kappa shape index (κ3) is 28.4. The molecule has 4 heterocycles. The number of likely N-dealkylation sites (N-methyl/N-ethyl adjacent to an activating group) is 1. The van der Waals surface area contributed by atoms with Gasteiger partial charge in [0.05, 0.1) is 26.2 Å². The first-order chi connectivity index (χ1) is 47.1. The first kappa shape index (κ1) is 83.2. The van der Waals surface area contributed by atoms with Gasteiger partial charge in [-0.25, -0.2) is 21.9 Å². The SMILES string of the molecule is C=C1CCCCN1C1=NCCCN1C1CCC(C)CC1.CC1CCC(C(=NS(C)(=O)=O)N(C)C)CC1.CC1CCC(C2=NCCN2C)CC1.CC1CCC(N2CCCN=C2c2ccccc2)CC1.CO/N=C(/C1CCC(C)CC1)N(C)C.CON(C)C(=NS(C)(=O)=O)C1CCC(C)CC1. The van der Waals surface area contributed by atoms with Crippen LogP contribution in [0.5, 0.6) is 0 Å². The van der Waals surface area contributed by atoms with Crippen molar-refractivity contribution >= 4 is 55.2 Å². The Hall–Kier alpha value is -4.76. The lowest BCUT2D eigenvalue weighted by molar-refractivity contribution is -0.0473. The molecule has 19 nitrogen and oxygen atoms in total. The molecule has 0 aromatic heterocycles. The number of nitrogens with zero attached hydrogens (tertiary/aromatic N) is 13. The van der Waals surface area contributed by atoms with Gasteiger partial charge in [0.1, 0.15) is 36.3 Å². The number of aliphatic imine (C=N–C) groups is 3. The molecular weight excluding hydrogens is 1280 g/mol. The lowest BCUT2D eigenvalue weighted by Gasteiger charge is -2.44. The van der Waals surface area contributed by atoms with Gasteiger partial charge in [-0.15, -0.1) is 4.40 Å². The highest BCUT2D eigenvalue weighted by molar-refractivity contribution is 7.89. The molecule has 0 bridgehead atoms. The Morgan fingerprint density at radius 1 is 0.495 bits per heavy atom. The van der Waals surface area contributed by atoms with Gasteiger partial charge in [-0.2, -0.15) is 4.40 Å². The van der Waals surface area contributed by atoms with Gasteiger partial charge in [0.25, 0.3) is 20.0 Å². The number of hydrogen-bond donors (Lipinski definition) is 0. The van der Waals surface area contributed by atoms with E-state index in [2.05, 4.69) is 129 Å². The smallest absolute Gasteiger partial charge is 0.251 e. The normalized spacial score (nSPS) is 29.7. The summed E-state index contributed by atoms with van der Waals surface area (Å²) in [4.78, 5) is 38.2. The summed E-state index contributed by atoms with van der Waals surface area (Å²) in [5.74, 6) is 13.3. The Balaban J connectivity index is 0.000000188. The van der Waals surface area contributed by atoms with Gasteiger partial charge >= 0.3 is 0 Å². The second-order valence-corrected chi connectivity index (χ2v) is 35.1. The van der Waals surface area contributed by atoms with Crippen LogP contribution in [-0.4, -0.2) is 213 Å². The maximum absolute atomic E-state index is 11.3. The molecule has 10 aliphatic rings. The molecule has 0 spiro atoms. The van der Waals surface area contributed by atoms with Crippen molar-refractivity contribution in [2.75, 3.05) is 115 Å². The summed E-state index contributed by atoms with van der Waals surface area (Å²) in [5.41, 5.74) is 2.58. The largest absolute Gasteiger partial charge is 0.398 e. The molecule has 1 aromatic rings. The van der Waals surface area contributed by atoms with E-state index in [9.17, 15) is 16.8 Å². The zero-order chi connectivity index (χ0) is 72.2. The van der Waals surface area contributed by atoms with Crippen LogP contribution in [-0.2, 0) is 29.7 Å². The van der Waals surface area contributed by atoms with Gasteiger partial charge < -0.3 is 34.2 Å². The molecule has 1 saturated heterocycles. The van der Waals surface area contributed by atoms with E-state index >= 15 is 0 Å². The van der Waals surface area contributed by atoms with E-state index in [-0.39, 0.29) is 5.92 Å². The molecule has 99 heavy (non-hydrogen) atoms. The molecule has 6 saturated carbocycles. The van der Waals surface area contributed by atoms with E-state index in [1.54, 1.807) is 14.2 Å². The third-order valence-corrected chi connectivity index (χ3v) is 23.6. The average Bonchev–Trinajstić information content (AvgIpc) is 1.47. The van der Waals surface area contributed by atoms with E-state index in [1.165, 1.54) is 195 Å². The number of oxime groups is 1. The van der Waals surface area contributed by atoms with Crippen molar-refractivity contribution in [2.45, 2.75) is 240 Å². The number of allylic oxidation sites excluding steroid dienone is 1. The Bertz CT molecular complexity index is 2940. The van der Waals surface area contributed by atoms with Crippen LogP contribution in [0.4, 0.5) is 0 Å². The summed E-state index contributed by atoms with van der Waals surface area (Å²) < 4.78 is 52.8. The van der Waals surface area contributed by atoms with Gasteiger partial charge in [0.2, 0.25) is 5.96 Å². The molecule has 11 rings (SSSR count). The fraction of sp³-hybridized carbons (Fsp3) is 0.821. The van der Waals surface area contributed by atoms with Crippen LogP contribution in [0.3, 0.4) is 0 Å². The number of guanidine groups is 1. The molecule has 0 atom stereocenters. The van der Waals surface area contributed by atoms with Gasteiger partial charge in [0, 0.05) is 129 Å². The van der Waals surface area contributed by atoms with Crippen LogP contribution in [0.2, 0.25) is 0 Å². The van der Waals surface area contributed by atoms with Crippen molar-refractivity contribution < 1.29 is 26.5 Å². The monoisotopic (exact) mass is 1420 g/mol. The quantitative estimate of drug-likeness (QED) is 0.116. The average molecular weight is 1420 g/mol. The third-order valence-electron chi connectivity index (χ3n) is 22.6. The van der Waals surface area contributed by atoms with Crippen molar-refractivity contribution in [2.24, 2.45) is 88.1 Å². The Kier molecular flexibility index (Phi) is 35.4. The van der Waals surface area contributed by atoms with Crippen LogP contribution < -0.4 is 0 Å². The molecule has 21 heteroatoms. The molecule has 0 amide bonds. The number of likely N-dealkylation sites (tertiary alicyclic amines) is 1. The van der Waals surface area contributed by atoms with Crippen LogP contribution >= 0.6 is 0 Å². The highest BCUT2D eigenvalue weighted by Gasteiger charge is 2.34. The molecule has 1 aromatic carbocycles. The van der Waals surface area contributed by atoms with E-state index in [0.717, 1.165) is 155 Å². The van der Waals surface area contributed by atoms with E-state index in [1.807, 2.05) is 33.1 Å². The molecule has 7 fully saturated rings. The maximum Gasteiger partial charge on any atom is 0.251 e. The molecule has 0 radical (unpaired) electrons. The Labute approximate surface area is 603 Å². The van der Waals surface area contributed by atoms with Crippen LogP contribution in [0.1, 0.15) is 233 Å². The van der Waals surface area contributed by atoms with Crippen molar-refractivity contribution in [1.82, 2.24) is 34.5 Å². The minimum Gasteiger partial charge on any atom is -0.398 e. The van der Waals surface area contributed by atoms with Crippen LogP contribution in [0.25, 0.3) is 0 Å². The maximum atomic E-state index is 11.3. The highest BCUT2D eigenvalue weighted by Crippen LogP contribution is 2.36. The number of piperidine rings is 1. The zero-order valence-corrected chi connectivity index (χ0v) is 66.7. The van der Waals surface area contributed by atoms with Gasteiger partial charge in [0.15, 0.2) is 0 Å². The predicted molar refractivity (Wildman–Crippen MR) is 416 cm³/mol. The van der Waals surface area contributed by atoms with Gasteiger partial charge in [-0.1, -0.05) is 135 Å². The van der Waals surface area contributed by atoms with Gasteiger partial charge in [-0.05, 0) is 170 Å². The predicted octanol–water partition coefficient (Wildman–Crippen LogP) is 15.2. The standard InChI is InChI=1S/C17H29N3.C17H24N2.C11H22N2O3S.C11H22N2O2S.C11H22N2O.C11H20N2/c1-14-7-9-16(10-8-14)20-13-5-11-18-17(20)19-12-4-3-6-15(19)2;1-14-8-10-16(11-9-14)19-13-5-12-18-17(19)15-6-3-2-4-7-15;1-9-5-7-10(8-6-9)11(13(2)16-3)12-17(4,14)15;1-9-5-7-10(8-6-9)11(13(2)3)12-16(4,14)15;1-9-5-7-10(8-6-9)11(12-14-4)13(2)3;1-9-3-5-10(6-4-9)11-12-7-8-13(11)2/h14,16H,2-13H2,1H3;2-4,6-7,14,16H,5,8-13H2,1H3;9-10H,5-8H2,1-4H3;9-10H,5-8H2,1-4H3;9-10H,5-8H2,1-4H3;9-10H,3-8H2,1-2H3/b;;;;12-11-;. The summed E-state index contributed by atoms with van der Waals surface area (Å²) in [7, 11) is 8.16. The summed E-state index contributed by atoms with van der Waals surface area (Å²) in [6, 6.07) is 12.2. The second kappa shape index (κ2) is 42.1. The highest BCUT2D eigenvalue weighted by atomic mass is 32.2. The summed E-state index contributed by atoms with van der Waals surface area (Å²) in [6.07, 6.45) is 38.6. The van der Waals surface area contributed by atoms with E-state index in [4.69, 9.17) is 19.7 Å².